The zero-order valence-corrected chi connectivity index (χ0v) is 15.8. The Balaban J connectivity index is 1.59. The van der Waals surface area contributed by atoms with E-state index in [4.69, 9.17) is 0 Å². The molecule has 1 aliphatic heterocycles. The highest BCUT2D eigenvalue weighted by atomic mass is 16.4. The first-order valence-corrected chi connectivity index (χ1v) is 9.55. The van der Waals surface area contributed by atoms with Gasteiger partial charge in [-0.05, 0) is 50.6 Å². The molecule has 28 heavy (non-hydrogen) atoms. The van der Waals surface area contributed by atoms with Gasteiger partial charge in [0.05, 0.1) is 0 Å². The number of benzene rings is 1. The highest BCUT2D eigenvalue weighted by Crippen LogP contribution is 2.28. The number of aryl methyl sites for hydroxylation is 1. The molecule has 1 aliphatic rings. The van der Waals surface area contributed by atoms with Crippen LogP contribution in [0.3, 0.4) is 0 Å². The van der Waals surface area contributed by atoms with Crippen molar-refractivity contribution in [3.8, 4) is 0 Å². The Morgan fingerprint density at radius 1 is 1.29 bits per heavy atom. The van der Waals surface area contributed by atoms with E-state index in [0.29, 0.717) is 18.8 Å². The summed E-state index contributed by atoms with van der Waals surface area (Å²) in [4.78, 5) is 34.0. The number of hydrogen-bond donors (Lipinski definition) is 2. The molecule has 6 nitrogen and oxygen atoms in total. The predicted octanol–water partition coefficient (Wildman–Crippen LogP) is 3.66. The fourth-order valence-corrected chi connectivity index (χ4v) is 4.06. The molecule has 4 rings (SSSR count). The van der Waals surface area contributed by atoms with Gasteiger partial charge in [-0.3, -0.25) is 14.7 Å². The molecule has 1 atom stereocenters. The summed E-state index contributed by atoms with van der Waals surface area (Å²) in [5, 5.41) is 10.6. The van der Waals surface area contributed by atoms with Gasteiger partial charge >= 0.3 is 5.97 Å². The van der Waals surface area contributed by atoms with Gasteiger partial charge in [0.1, 0.15) is 11.4 Å². The third-order valence-electron chi connectivity index (χ3n) is 5.45. The minimum Gasteiger partial charge on any atom is -0.477 e. The lowest BCUT2D eigenvalue weighted by Gasteiger charge is -2.31. The number of fused-ring (bicyclic) bond motifs is 1. The van der Waals surface area contributed by atoms with Gasteiger partial charge in [-0.25, -0.2) is 4.79 Å². The number of H-pyrrole nitrogens is 1. The smallest absolute Gasteiger partial charge is 0.352 e. The van der Waals surface area contributed by atoms with Crippen LogP contribution in [0.5, 0.6) is 0 Å². The summed E-state index contributed by atoms with van der Waals surface area (Å²) in [6.45, 7) is 3.98. The minimum absolute atomic E-state index is 0.0681. The van der Waals surface area contributed by atoms with Crippen molar-refractivity contribution in [1.29, 1.82) is 0 Å². The molecule has 0 bridgehead atoms. The molecule has 2 aromatic heterocycles. The summed E-state index contributed by atoms with van der Waals surface area (Å²) in [5.74, 6) is -0.996. The number of carboxylic acids is 1. The number of ketones is 1. The van der Waals surface area contributed by atoms with Gasteiger partial charge in [0, 0.05) is 41.7 Å². The van der Waals surface area contributed by atoms with Crippen molar-refractivity contribution in [1.82, 2.24) is 14.9 Å². The molecular weight excluding hydrogens is 354 g/mol. The van der Waals surface area contributed by atoms with Crippen LogP contribution in [0.1, 0.15) is 44.9 Å². The molecule has 1 aromatic carbocycles. The summed E-state index contributed by atoms with van der Waals surface area (Å²) in [5.41, 5.74) is 3.45. The van der Waals surface area contributed by atoms with E-state index >= 15 is 0 Å². The Bertz CT molecular complexity index is 1030. The average Bonchev–Trinajstić information content (AvgIpc) is 3.06. The van der Waals surface area contributed by atoms with Crippen molar-refractivity contribution in [2.75, 3.05) is 13.1 Å². The molecule has 1 saturated heterocycles. The third kappa shape index (κ3) is 3.55. The molecule has 0 saturated carbocycles. The number of carboxylic acid groups (broad SMARTS) is 1. The zero-order chi connectivity index (χ0) is 19.7. The molecule has 0 radical (unpaired) electrons. The maximum Gasteiger partial charge on any atom is 0.352 e. The molecule has 144 valence electrons. The molecule has 0 spiro atoms. The number of likely N-dealkylation sites (tertiary alicyclic amines) is 1. The van der Waals surface area contributed by atoms with E-state index in [9.17, 15) is 14.7 Å². The number of carbonyl (C=O) groups is 2. The van der Waals surface area contributed by atoms with Crippen LogP contribution >= 0.6 is 0 Å². The number of hydrogen-bond acceptors (Lipinski definition) is 4. The normalized spacial score (nSPS) is 17.7. The minimum atomic E-state index is -0.957. The monoisotopic (exact) mass is 377 g/mol. The van der Waals surface area contributed by atoms with Crippen LogP contribution in [0, 0.1) is 12.8 Å². The fraction of sp³-hybridized carbons (Fsp3) is 0.318. The quantitative estimate of drug-likeness (QED) is 0.663. The molecule has 6 heteroatoms. The number of pyridine rings is 1. The number of carbonyl (C=O) groups excluding carboxylic acids is 1. The van der Waals surface area contributed by atoms with Gasteiger partial charge in [-0.1, -0.05) is 17.7 Å². The van der Waals surface area contributed by atoms with E-state index in [1.54, 1.807) is 18.3 Å². The van der Waals surface area contributed by atoms with Crippen molar-refractivity contribution in [2.45, 2.75) is 26.3 Å². The molecule has 3 aromatic rings. The summed E-state index contributed by atoms with van der Waals surface area (Å²) >= 11 is 0. The van der Waals surface area contributed by atoms with Gasteiger partial charge in [0.25, 0.3) is 0 Å². The maximum absolute atomic E-state index is 12.8. The Morgan fingerprint density at radius 3 is 2.89 bits per heavy atom. The van der Waals surface area contributed by atoms with Crippen molar-refractivity contribution in [3.63, 3.8) is 0 Å². The van der Waals surface area contributed by atoms with Crippen LogP contribution in [0.15, 0.2) is 42.6 Å². The second kappa shape index (κ2) is 7.56. The van der Waals surface area contributed by atoms with E-state index in [1.165, 1.54) is 0 Å². The van der Waals surface area contributed by atoms with E-state index in [0.717, 1.165) is 41.4 Å². The Labute approximate surface area is 163 Å². The lowest BCUT2D eigenvalue weighted by molar-refractivity contribution is 0.0684. The van der Waals surface area contributed by atoms with Crippen molar-refractivity contribution < 1.29 is 14.7 Å². The largest absolute Gasteiger partial charge is 0.477 e. The van der Waals surface area contributed by atoms with Gasteiger partial charge in [-0.2, -0.15) is 0 Å². The van der Waals surface area contributed by atoms with Gasteiger partial charge in [-0.15, -0.1) is 0 Å². The number of rotatable bonds is 5. The number of Topliss-reactive ketones (excluding diaryl/α,β-unsaturated/α-hetero) is 1. The van der Waals surface area contributed by atoms with E-state index < -0.39 is 5.97 Å². The highest BCUT2D eigenvalue weighted by molar-refractivity contribution is 5.98. The molecule has 3 heterocycles. The lowest BCUT2D eigenvalue weighted by Crippen LogP contribution is -2.38. The van der Waals surface area contributed by atoms with Crippen LogP contribution in [0.25, 0.3) is 10.9 Å². The Kier molecular flexibility index (Phi) is 4.96. The van der Waals surface area contributed by atoms with Crippen LogP contribution in [0.4, 0.5) is 0 Å². The number of aromatic amines is 1. The van der Waals surface area contributed by atoms with Gasteiger partial charge in [0.15, 0.2) is 5.78 Å². The van der Waals surface area contributed by atoms with E-state index in [-0.39, 0.29) is 17.4 Å². The molecule has 0 unspecified atom stereocenters. The first-order valence-electron chi connectivity index (χ1n) is 9.55. The molecule has 1 fully saturated rings. The maximum atomic E-state index is 12.8. The summed E-state index contributed by atoms with van der Waals surface area (Å²) in [6, 6.07) is 11.3. The molecule has 0 aliphatic carbocycles. The van der Waals surface area contributed by atoms with Crippen LogP contribution in [-0.2, 0) is 6.54 Å². The second-order valence-electron chi connectivity index (χ2n) is 7.49. The number of aromatic nitrogens is 2. The van der Waals surface area contributed by atoms with Gasteiger partial charge < -0.3 is 10.1 Å². The van der Waals surface area contributed by atoms with E-state index in [2.05, 4.69) is 14.9 Å². The van der Waals surface area contributed by atoms with Gasteiger partial charge in [0.2, 0.25) is 0 Å². The second-order valence-corrected chi connectivity index (χ2v) is 7.49. The SMILES string of the molecule is Cc1ccc2[nH]c(C(=O)O)c(CN3CCC[C@H](C(=O)c4ccccn4)C3)c2c1. The van der Waals surface area contributed by atoms with Crippen molar-refractivity contribution in [3.05, 3.63) is 65.1 Å². The topological polar surface area (TPSA) is 86.3 Å². The van der Waals surface area contributed by atoms with Crippen molar-refractivity contribution in [2.24, 2.45) is 5.92 Å². The first-order chi connectivity index (χ1) is 13.5. The van der Waals surface area contributed by atoms with Crippen LogP contribution in [0.2, 0.25) is 0 Å². The third-order valence-corrected chi connectivity index (χ3v) is 5.45. The van der Waals surface area contributed by atoms with E-state index in [1.807, 2.05) is 31.2 Å². The Hall–Kier alpha value is -2.99. The Morgan fingerprint density at radius 2 is 2.14 bits per heavy atom. The fourth-order valence-electron chi connectivity index (χ4n) is 4.06. The zero-order valence-electron chi connectivity index (χ0n) is 15.8. The van der Waals surface area contributed by atoms with Crippen LogP contribution in [-0.4, -0.2) is 44.8 Å². The molecule has 0 amide bonds. The highest BCUT2D eigenvalue weighted by Gasteiger charge is 2.29. The first kappa shape index (κ1) is 18.4. The average molecular weight is 377 g/mol. The summed E-state index contributed by atoms with van der Waals surface area (Å²) < 4.78 is 0. The lowest BCUT2D eigenvalue weighted by atomic mass is 9.91. The van der Waals surface area contributed by atoms with Crippen molar-refractivity contribution >= 4 is 22.7 Å². The molecular formula is C22H23N3O3. The molecule has 2 N–H and O–H groups in total. The number of aromatic carboxylic acids is 1. The summed E-state index contributed by atoms with van der Waals surface area (Å²) in [7, 11) is 0. The number of piperidine rings is 1. The number of nitrogens with one attached hydrogen (secondary N) is 1. The van der Waals surface area contributed by atoms with Crippen LogP contribution < -0.4 is 0 Å². The predicted molar refractivity (Wildman–Crippen MR) is 107 cm³/mol. The number of nitrogens with zero attached hydrogens (tertiary/aromatic N) is 2. The summed E-state index contributed by atoms with van der Waals surface area (Å²) in [6.07, 6.45) is 3.39. The standard InChI is InChI=1S/C22H23N3O3/c1-14-7-8-18-16(11-14)17(20(24-18)22(27)28)13-25-10-4-5-15(12-25)21(26)19-6-2-3-9-23-19/h2-3,6-9,11,15,24H,4-5,10,12-13H2,1H3,(H,27,28)/t15-/m0/s1.